The summed E-state index contributed by atoms with van der Waals surface area (Å²) in [6, 6.07) is 7.77. The molecule has 0 fully saturated rings. The number of hydrogen-bond donors (Lipinski definition) is 1. The number of aromatic nitrogens is 1. The summed E-state index contributed by atoms with van der Waals surface area (Å²) in [5.74, 6) is -1.07. The van der Waals surface area contributed by atoms with Gasteiger partial charge < -0.3 is 15.5 Å². The van der Waals surface area contributed by atoms with E-state index in [4.69, 9.17) is 5.73 Å². The van der Waals surface area contributed by atoms with E-state index < -0.39 is 11.8 Å². The Morgan fingerprint density at radius 3 is 2.83 bits per heavy atom. The first-order valence-electron chi connectivity index (χ1n) is 7.26. The van der Waals surface area contributed by atoms with Gasteiger partial charge in [0, 0.05) is 25.5 Å². The van der Waals surface area contributed by atoms with Crippen molar-refractivity contribution in [2.45, 2.75) is 6.54 Å². The van der Waals surface area contributed by atoms with Gasteiger partial charge in [0.25, 0.3) is 0 Å². The second-order valence-electron chi connectivity index (χ2n) is 5.71. The van der Waals surface area contributed by atoms with Crippen LogP contribution < -0.4 is 15.5 Å². The van der Waals surface area contributed by atoms with E-state index in [-0.39, 0.29) is 5.78 Å². The number of amides is 1. The van der Waals surface area contributed by atoms with Crippen LogP contribution in [0.1, 0.15) is 15.4 Å². The summed E-state index contributed by atoms with van der Waals surface area (Å²) in [5, 5.41) is 2.00. The molecule has 2 aromatic heterocycles. The number of nitrogens with zero attached hydrogens (tertiary/aromatic N) is 3. The van der Waals surface area contributed by atoms with Gasteiger partial charge in [0.15, 0.2) is 5.78 Å². The van der Waals surface area contributed by atoms with Gasteiger partial charge >= 0.3 is 0 Å². The third-order valence-electron chi connectivity index (χ3n) is 3.88. The van der Waals surface area contributed by atoms with Crippen molar-refractivity contribution < 1.29 is 9.59 Å². The second-order valence-corrected chi connectivity index (χ2v) is 6.74. The number of fused-ring (bicyclic) bond motifs is 1. The first-order valence-corrected chi connectivity index (χ1v) is 8.14. The number of carbonyl (C=O) groups is 2. The number of ketones is 1. The van der Waals surface area contributed by atoms with Crippen LogP contribution in [0.3, 0.4) is 0 Å². The Bertz CT molecular complexity index is 743. The number of Topliss-reactive ketones (excluding diaryl/α,β-unsaturated/α-hetero) is 1. The van der Waals surface area contributed by atoms with Gasteiger partial charge in [0.2, 0.25) is 5.91 Å². The average molecular weight is 330 g/mol. The van der Waals surface area contributed by atoms with Crippen molar-refractivity contribution in [1.29, 1.82) is 0 Å². The molecule has 0 saturated heterocycles. The normalized spacial score (nSPS) is 17.0. The van der Waals surface area contributed by atoms with E-state index in [2.05, 4.69) is 4.98 Å². The molecule has 2 aromatic rings. The highest BCUT2D eigenvalue weighted by atomic mass is 32.1. The fourth-order valence-electron chi connectivity index (χ4n) is 2.65. The second kappa shape index (κ2) is 6.00. The molecule has 1 amide bonds. The zero-order valence-electron chi connectivity index (χ0n) is 13.0. The molecule has 3 heterocycles. The highest BCUT2D eigenvalue weighted by Gasteiger charge is 2.37. The topological polar surface area (TPSA) is 79.5 Å². The van der Waals surface area contributed by atoms with Gasteiger partial charge in [-0.2, -0.15) is 0 Å². The van der Waals surface area contributed by atoms with Gasteiger partial charge in [-0.1, -0.05) is 6.07 Å². The number of primary amides is 1. The van der Waals surface area contributed by atoms with Crippen molar-refractivity contribution in [3.8, 4) is 0 Å². The molecule has 0 saturated carbocycles. The Balaban J connectivity index is 2.03. The van der Waals surface area contributed by atoms with Crippen LogP contribution in [0.2, 0.25) is 0 Å². The van der Waals surface area contributed by atoms with E-state index in [1.165, 1.54) is 0 Å². The standard InChI is InChI=1S/C16H18N4O2S/c1-19(2)13-6-5-12-14(18-13)15(21)11(16(17)22)9-20(12)8-10-4-3-7-23-10/h3-7,11H,8-9H2,1-2H3,(H2,17,22). The first-order chi connectivity index (χ1) is 11.0. The molecule has 0 aromatic carbocycles. The van der Waals surface area contributed by atoms with Gasteiger partial charge in [-0.05, 0) is 23.6 Å². The number of carbonyl (C=O) groups excluding carboxylic acids is 2. The Kier molecular flexibility index (Phi) is 4.04. The minimum atomic E-state index is -0.854. The van der Waals surface area contributed by atoms with Crippen molar-refractivity contribution in [3.63, 3.8) is 0 Å². The maximum absolute atomic E-state index is 12.6. The zero-order chi connectivity index (χ0) is 16.6. The van der Waals surface area contributed by atoms with Crippen LogP contribution in [-0.4, -0.2) is 37.3 Å². The molecule has 1 unspecified atom stereocenters. The molecule has 120 valence electrons. The molecular weight excluding hydrogens is 312 g/mol. The lowest BCUT2D eigenvalue weighted by Crippen LogP contribution is -2.45. The molecular formula is C16H18N4O2S. The Morgan fingerprint density at radius 2 is 2.22 bits per heavy atom. The number of hydrogen-bond acceptors (Lipinski definition) is 6. The number of anilines is 2. The molecule has 0 aliphatic carbocycles. The van der Waals surface area contributed by atoms with Gasteiger partial charge in [0.05, 0.1) is 12.2 Å². The molecule has 1 atom stereocenters. The van der Waals surface area contributed by atoms with Crippen molar-refractivity contribution in [2.75, 3.05) is 30.4 Å². The molecule has 7 heteroatoms. The molecule has 0 bridgehead atoms. The summed E-state index contributed by atoms with van der Waals surface area (Å²) in [7, 11) is 3.72. The molecule has 3 rings (SSSR count). The van der Waals surface area contributed by atoms with Crippen LogP contribution in [0, 0.1) is 5.92 Å². The molecule has 6 nitrogen and oxygen atoms in total. The average Bonchev–Trinajstić information content (AvgIpc) is 3.02. The van der Waals surface area contributed by atoms with Crippen molar-refractivity contribution in [2.24, 2.45) is 11.7 Å². The smallest absolute Gasteiger partial charge is 0.230 e. The summed E-state index contributed by atoms with van der Waals surface area (Å²) < 4.78 is 0. The fraction of sp³-hybridized carbons (Fsp3) is 0.312. The van der Waals surface area contributed by atoms with Crippen LogP contribution in [0.15, 0.2) is 29.6 Å². The summed E-state index contributed by atoms with van der Waals surface area (Å²) in [6.45, 7) is 0.923. The molecule has 0 spiro atoms. The quantitative estimate of drug-likeness (QED) is 0.860. The minimum Gasteiger partial charge on any atom is -0.369 e. The lowest BCUT2D eigenvalue weighted by molar-refractivity contribution is -0.120. The maximum Gasteiger partial charge on any atom is 0.230 e. The molecule has 23 heavy (non-hydrogen) atoms. The van der Waals surface area contributed by atoms with E-state index in [1.807, 2.05) is 53.5 Å². The number of rotatable bonds is 4. The van der Waals surface area contributed by atoms with E-state index in [0.717, 1.165) is 10.6 Å². The van der Waals surface area contributed by atoms with Gasteiger partial charge in [-0.3, -0.25) is 9.59 Å². The minimum absolute atomic E-state index is 0.293. The number of nitrogens with two attached hydrogens (primary N) is 1. The Morgan fingerprint density at radius 1 is 1.43 bits per heavy atom. The molecule has 2 N–H and O–H groups in total. The number of pyridine rings is 1. The first kappa shape index (κ1) is 15.5. The summed E-state index contributed by atoms with van der Waals surface area (Å²) in [4.78, 5) is 33.7. The van der Waals surface area contributed by atoms with E-state index in [1.54, 1.807) is 11.3 Å². The van der Waals surface area contributed by atoms with Crippen LogP contribution in [0.25, 0.3) is 0 Å². The van der Waals surface area contributed by atoms with Gasteiger partial charge in [-0.25, -0.2) is 4.98 Å². The van der Waals surface area contributed by atoms with Crippen LogP contribution in [-0.2, 0) is 11.3 Å². The summed E-state index contributed by atoms with van der Waals surface area (Å²) in [5.41, 5.74) is 6.50. The molecule has 0 radical (unpaired) electrons. The predicted octanol–water partition coefficient (Wildman–Crippen LogP) is 1.51. The fourth-order valence-corrected chi connectivity index (χ4v) is 3.37. The van der Waals surface area contributed by atoms with Gasteiger partial charge in [0.1, 0.15) is 17.4 Å². The van der Waals surface area contributed by atoms with E-state index in [9.17, 15) is 9.59 Å². The molecule has 1 aliphatic rings. The SMILES string of the molecule is CN(C)c1ccc2c(n1)C(=O)C(C(N)=O)CN2Cc1cccs1. The van der Waals surface area contributed by atoms with Gasteiger partial charge in [-0.15, -0.1) is 11.3 Å². The van der Waals surface area contributed by atoms with E-state index >= 15 is 0 Å². The largest absolute Gasteiger partial charge is 0.369 e. The lowest BCUT2D eigenvalue weighted by Gasteiger charge is -2.33. The van der Waals surface area contributed by atoms with Crippen LogP contribution in [0.4, 0.5) is 11.5 Å². The van der Waals surface area contributed by atoms with Crippen molar-refractivity contribution in [1.82, 2.24) is 4.98 Å². The zero-order valence-corrected chi connectivity index (χ0v) is 13.8. The lowest BCUT2D eigenvalue weighted by atomic mass is 9.94. The van der Waals surface area contributed by atoms with Crippen molar-refractivity contribution >= 4 is 34.5 Å². The van der Waals surface area contributed by atoms with Crippen LogP contribution >= 0.6 is 11.3 Å². The number of thiophene rings is 1. The van der Waals surface area contributed by atoms with Crippen molar-refractivity contribution in [3.05, 3.63) is 40.2 Å². The van der Waals surface area contributed by atoms with E-state index in [0.29, 0.717) is 24.6 Å². The predicted molar refractivity (Wildman–Crippen MR) is 90.9 cm³/mol. The maximum atomic E-state index is 12.6. The third-order valence-corrected chi connectivity index (χ3v) is 4.74. The Labute approximate surface area is 138 Å². The van der Waals surface area contributed by atoms with Crippen LogP contribution in [0.5, 0.6) is 0 Å². The molecule has 1 aliphatic heterocycles. The highest BCUT2D eigenvalue weighted by Crippen LogP contribution is 2.32. The highest BCUT2D eigenvalue weighted by molar-refractivity contribution is 7.09. The summed E-state index contributed by atoms with van der Waals surface area (Å²) in [6.07, 6.45) is 0. The monoisotopic (exact) mass is 330 g/mol. The Hall–Kier alpha value is -2.41. The third kappa shape index (κ3) is 2.92. The summed E-state index contributed by atoms with van der Waals surface area (Å²) >= 11 is 1.64.